The largest absolute Gasteiger partial charge is 0.497 e. The molecule has 0 spiro atoms. The Bertz CT molecular complexity index is 452. The molecule has 0 aliphatic carbocycles. The first-order valence-electron chi connectivity index (χ1n) is 6.33. The van der Waals surface area contributed by atoms with Crippen LogP contribution in [0.15, 0.2) is 12.1 Å². The Morgan fingerprint density at radius 1 is 1.26 bits per heavy atom. The number of ketones is 1. The Kier molecular flexibility index (Phi) is 5.36. The van der Waals surface area contributed by atoms with Crippen LogP contribution in [-0.2, 0) is 0 Å². The predicted molar refractivity (Wildman–Crippen MR) is 74.0 cm³/mol. The van der Waals surface area contributed by atoms with Gasteiger partial charge in [-0.15, -0.1) is 0 Å². The summed E-state index contributed by atoms with van der Waals surface area (Å²) in [4.78, 5) is 12.5. The molecule has 0 aliphatic rings. The zero-order valence-electron chi connectivity index (χ0n) is 12.2. The number of carbonyl (C=O) groups excluding carboxylic acids is 1. The first kappa shape index (κ1) is 15.5. The molecular weight excluding hydrogens is 244 g/mol. The van der Waals surface area contributed by atoms with Gasteiger partial charge in [0.2, 0.25) is 0 Å². The number of aliphatic hydroxyl groups excluding tert-OH is 1. The molecule has 0 saturated carbocycles. The summed E-state index contributed by atoms with van der Waals surface area (Å²) in [6.45, 7) is 5.52. The van der Waals surface area contributed by atoms with Gasteiger partial charge in [0, 0.05) is 12.0 Å². The fraction of sp³-hybridized carbons (Fsp3) is 0.533. The van der Waals surface area contributed by atoms with Crippen molar-refractivity contribution in [2.45, 2.75) is 20.8 Å². The molecule has 0 saturated heterocycles. The Hall–Kier alpha value is -1.55. The van der Waals surface area contributed by atoms with Crippen LogP contribution in [0.25, 0.3) is 0 Å². The molecule has 1 aromatic rings. The van der Waals surface area contributed by atoms with Gasteiger partial charge in [-0.2, -0.15) is 0 Å². The third-order valence-corrected chi connectivity index (χ3v) is 3.31. The van der Waals surface area contributed by atoms with Gasteiger partial charge in [0.15, 0.2) is 5.78 Å². The van der Waals surface area contributed by atoms with E-state index < -0.39 is 5.92 Å². The van der Waals surface area contributed by atoms with Crippen LogP contribution < -0.4 is 9.47 Å². The average Bonchev–Trinajstić information content (AvgIpc) is 2.37. The van der Waals surface area contributed by atoms with Crippen LogP contribution >= 0.6 is 0 Å². The smallest absolute Gasteiger partial charge is 0.172 e. The number of ether oxygens (including phenoxy) is 2. The van der Waals surface area contributed by atoms with E-state index in [0.29, 0.717) is 17.1 Å². The van der Waals surface area contributed by atoms with E-state index in [0.717, 1.165) is 5.56 Å². The summed E-state index contributed by atoms with van der Waals surface area (Å²) in [5.74, 6) is 0.705. The zero-order chi connectivity index (χ0) is 14.6. The Morgan fingerprint density at radius 2 is 1.89 bits per heavy atom. The van der Waals surface area contributed by atoms with Crippen molar-refractivity contribution in [3.8, 4) is 11.5 Å². The van der Waals surface area contributed by atoms with E-state index in [1.807, 2.05) is 20.8 Å². The average molecular weight is 266 g/mol. The second kappa shape index (κ2) is 6.57. The summed E-state index contributed by atoms with van der Waals surface area (Å²) in [6, 6.07) is 3.49. The standard InChI is InChI=1S/C15H22O4/c1-9(2)12(8-16)15(17)14-10(3)6-11(18-4)7-13(14)19-5/h6-7,9,12,16H,8H2,1-5H3. The number of aliphatic hydroxyl groups is 1. The molecule has 0 amide bonds. The van der Waals surface area contributed by atoms with Crippen molar-refractivity contribution in [2.75, 3.05) is 20.8 Å². The van der Waals surface area contributed by atoms with Gasteiger partial charge >= 0.3 is 0 Å². The molecule has 0 aliphatic heterocycles. The van der Waals surface area contributed by atoms with Gasteiger partial charge in [-0.25, -0.2) is 0 Å². The molecule has 1 aromatic carbocycles. The summed E-state index contributed by atoms with van der Waals surface area (Å²) in [6.07, 6.45) is 0. The predicted octanol–water partition coefficient (Wildman–Crippen LogP) is 2.46. The van der Waals surface area contributed by atoms with Crippen molar-refractivity contribution in [3.63, 3.8) is 0 Å². The highest BCUT2D eigenvalue weighted by Crippen LogP contribution is 2.31. The van der Waals surface area contributed by atoms with Crippen LogP contribution in [-0.4, -0.2) is 31.7 Å². The monoisotopic (exact) mass is 266 g/mol. The molecule has 0 radical (unpaired) electrons. The molecule has 106 valence electrons. The number of Topliss-reactive ketones (excluding diaryl/α,β-unsaturated/α-hetero) is 1. The van der Waals surface area contributed by atoms with E-state index in [-0.39, 0.29) is 18.3 Å². The Morgan fingerprint density at radius 3 is 2.32 bits per heavy atom. The number of aryl methyl sites for hydroxylation is 1. The highest BCUT2D eigenvalue weighted by molar-refractivity contribution is 6.02. The number of hydrogen-bond acceptors (Lipinski definition) is 4. The maximum absolute atomic E-state index is 12.5. The van der Waals surface area contributed by atoms with Gasteiger partial charge in [0.05, 0.1) is 26.4 Å². The number of benzene rings is 1. The molecule has 19 heavy (non-hydrogen) atoms. The third-order valence-electron chi connectivity index (χ3n) is 3.31. The van der Waals surface area contributed by atoms with Crippen molar-refractivity contribution < 1.29 is 19.4 Å². The van der Waals surface area contributed by atoms with Crippen LogP contribution in [0.1, 0.15) is 29.8 Å². The topological polar surface area (TPSA) is 55.8 Å². The summed E-state index contributed by atoms with van der Waals surface area (Å²) in [5, 5.41) is 9.40. The van der Waals surface area contributed by atoms with Crippen molar-refractivity contribution in [1.29, 1.82) is 0 Å². The van der Waals surface area contributed by atoms with Gasteiger partial charge in [-0.1, -0.05) is 13.8 Å². The highest BCUT2D eigenvalue weighted by Gasteiger charge is 2.27. The molecule has 4 nitrogen and oxygen atoms in total. The number of rotatable bonds is 6. The van der Waals surface area contributed by atoms with Crippen molar-refractivity contribution in [2.24, 2.45) is 11.8 Å². The molecule has 1 N–H and O–H groups in total. The molecule has 1 rings (SSSR count). The zero-order valence-corrected chi connectivity index (χ0v) is 12.2. The lowest BCUT2D eigenvalue weighted by Crippen LogP contribution is -2.25. The first-order chi connectivity index (χ1) is 8.96. The van der Waals surface area contributed by atoms with E-state index in [4.69, 9.17) is 9.47 Å². The quantitative estimate of drug-likeness (QED) is 0.804. The van der Waals surface area contributed by atoms with Crippen molar-refractivity contribution in [1.82, 2.24) is 0 Å². The van der Waals surface area contributed by atoms with Crippen molar-refractivity contribution >= 4 is 5.78 Å². The van der Waals surface area contributed by atoms with E-state index in [2.05, 4.69) is 0 Å². The Balaban J connectivity index is 3.29. The molecule has 4 heteroatoms. The van der Waals surface area contributed by atoms with Crippen LogP contribution in [0.2, 0.25) is 0 Å². The van der Waals surface area contributed by atoms with Crippen LogP contribution in [0.4, 0.5) is 0 Å². The van der Waals surface area contributed by atoms with Gasteiger partial charge in [-0.3, -0.25) is 4.79 Å². The molecular formula is C15H22O4. The minimum absolute atomic E-state index is 0.0729. The van der Waals surface area contributed by atoms with Gasteiger partial charge in [0.1, 0.15) is 11.5 Å². The Labute approximate surface area is 114 Å². The maximum atomic E-state index is 12.5. The van der Waals surface area contributed by atoms with Gasteiger partial charge in [0.25, 0.3) is 0 Å². The van der Waals surface area contributed by atoms with Crippen LogP contribution in [0, 0.1) is 18.8 Å². The molecule has 1 unspecified atom stereocenters. The number of carbonyl (C=O) groups is 1. The van der Waals surface area contributed by atoms with E-state index in [1.165, 1.54) is 7.11 Å². The van der Waals surface area contributed by atoms with Gasteiger partial charge in [-0.05, 0) is 24.5 Å². The fourth-order valence-corrected chi connectivity index (χ4v) is 2.10. The normalized spacial score (nSPS) is 12.4. The number of methoxy groups -OCH3 is 2. The lowest BCUT2D eigenvalue weighted by atomic mass is 9.86. The third kappa shape index (κ3) is 3.26. The van der Waals surface area contributed by atoms with Crippen molar-refractivity contribution in [3.05, 3.63) is 23.3 Å². The second-order valence-corrected chi connectivity index (χ2v) is 4.92. The summed E-state index contributed by atoms with van der Waals surface area (Å²) in [5.41, 5.74) is 1.32. The SMILES string of the molecule is COc1cc(C)c(C(=O)C(CO)C(C)C)c(OC)c1. The van der Waals surface area contributed by atoms with Gasteiger partial charge < -0.3 is 14.6 Å². The lowest BCUT2D eigenvalue weighted by molar-refractivity contribution is 0.0803. The highest BCUT2D eigenvalue weighted by atomic mass is 16.5. The molecule has 0 fully saturated rings. The second-order valence-electron chi connectivity index (χ2n) is 4.92. The lowest BCUT2D eigenvalue weighted by Gasteiger charge is -2.20. The maximum Gasteiger partial charge on any atom is 0.172 e. The number of hydrogen-bond donors (Lipinski definition) is 1. The minimum atomic E-state index is -0.416. The first-order valence-corrected chi connectivity index (χ1v) is 6.33. The fourth-order valence-electron chi connectivity index (χ4n) is 2.10. The molecule has 0 bridgehead atoms. The molecule has 0 heterocycles. The molecule has 1 atom stereocenters. The van der Waals surface area contributed by atoms with Crippen LogP contribution in [0.5, 0.6) is 11.5 Å². The summed E-state index contributed by atoms with van der Waals surface area (Å²) in [7, 11) is 3.09. The van der Waals surface area contributed by atoms with E-state index >= 15 is 0 Å². The minimum Gasteiger partial charge on any atom is -0.497 e. The van der Waals surface area contributed by atoms with Crippen LogP contribution in [0.3, 0.4) is 0 Å². The van der Waals surface area contributed by atoms with E-state index in [9.17, 15) is 9.90 Å². The van der Waals surface area contributed by atoms with E-state index in [1.54, 1.807) is 19.2 Å². The summed E-state index contributed by atoms with van der Waals surface area (Å²) >= 11 is 0. The molecule has 0 aromatic heterocycles. The summed E-state index contributed by atoms with van der Waals surface area (Å²) < 4.78 is 10.4.